The first kappa shape index (κ1) is 10.5. The first-order valence-corrected chi connectivity index (χ1v) is 6.07. The summed E-state index contributed by atoms with van der Waals surface area (Å²) in [6.45, 7) is 2.06. The second-order valence-corrected chi connectivity index (χ2v) is 4.46. The summed E-state index contributed by atoms with van der Waals surface area (Å²) in [4.78, 5) is 6.86. The molecule has 0 spiro atoms. The maximum Gasteiger partial charge on any atom is 0.0544 e. The van der Waals surface area contributed by atoms with Gasteiger partial charge in [-0.05, 0) is 37.6 Å². The van der Waals surface area contributed by atoms with E-state index in [4.69, 9.17) is 0 Å². The third kappa shape index (κ3) is 2.22. The van der Waals surface area contributed by atoms with Crippen LogP contribution in [-0.4, -0.2) is 26.6 Å². The third-order valence-electron chi connectivity index (χ3n) is 3.34. The second kappa shape index (κ2) is 4.67. The lowest BCUT2D eigenvalue weighted by molar-refractivity contribution is 0.241. The van der Waals surface area contributed by atoms with Gasteiger partial charge in [-0.25, -0.2) is 0 Å². The molecule has 0 saturated carbocycles. The van der Waals surface area contributed by atoms with Gasteiger partial charge in [-0.3, -0.25) is 15.0 Å². The monoisotopic (exact) mass is 228 g/mol. The largest absolute Gasteiger partial charge is 0.289 e. The minimum atomic E-state index is 0.472. The first-order valence-electron chi connectivity index (χ1n) is 6.07. The van der Waals surface area contributed by atoms with E-state index in [1.54, 1.807) is 0 Å². The third-order valence-corrected chi connectivity index (χ3v) is 3.34. The first-order chi connectivity index (χ1) is 8.43. The molecule has 1 saturated heterocycles. The van der Waals surface area contributed by atoms with Crippen LogP contribution in [0.1, 0.15) is 30.3 Å². The van der Waals surface area contributed by atoms with Gasteiger partial charge in [0.05, 0.1) is 17.4 Å². The predicted octanol–water partition coefficient (Wildman–Crippen LogP) is 2.14. The molecule has 17 heavy (non-hydrogen) atoms. The van der Waals surface area contributed by atoms with Crippen LogP contribution >= 0.6 is 0 Å². The Morgan fingerprint density at radius 2 is 2.29 bits per heavy atom. The van der Waals surface area contributed by atoms with Crippen molar-refractivity contribution in [3.8, 4) is 0 Å². The Morgan fingerprint density at radius 1 is 1.29 bits per heavy atom. The number of rotatable bonds is 3. The highest BCUT2D eigenvalue weighted by atomic mass is 15.2. The van der Waals surface area contributed by atoms with Crippen LogP contribution in [0.3, 0.4) is 0 Å². The van der Waals surface area contributed by atoms with Crippen molar-refractivity contribution >= 4 is 0 Å². The molecule has 0 amide bonds. The van der Waals surface area contributed by atoms with Crippen LogP contribution < -0.4 is 0 Å². The van der Waals surface area contributed by atoms with Gasteiger partial charge in [0.15, 0.2) is 0 Å². The molecular formula is C13H16N4. The molecular weight excluding hydrogens is 212 g/mol. The summed E-state index contributed by atoms with van der Waals surface area (Å²) in [5.41, 5.74) is 2.36. The number of nitrogens with one attached hydrogen (secondary N) is 1. The smallest absolute Gasteiger partial charge is 0.0544 e. The van der Waals surface area contributed by atoms with Crippen LogP contribution in [0.2, 0.25) is 0 Å². The number of aromatic amines is 1. The van der Waals surface area contributed by atoms with Crippen molar-refractivity contribution in [2.24, 2.45) is 0 Å². The molecule has 0 unspecified atom stereocenters. The number of H-pyrrole nitrogens is 1. The normalized spacial score (nSPS) is 20.8. The number of hydrogen-bond acceptors (Lipinski definition) is 3. The zero-order valence-corrected chi connectivity index (χ0v) is 9.71. The molecule has 2 aromatic rings. The van der Waals surface area contributed by atoms with E-state index in [1.165, 1.54) is 18.5 Å². The summed E-state index contributed by atoms with van der Waals surface area (Å²) in [7, 11) is 0. The van der Waals surface area contributed by atoms with Gasteiger partial charge in [0.2, 0.25) is 0 Å². The van der Waals surface area contributed by atoms with Crippen molar-refractivity contribution in [1.82, 2.24) is 20.1 Å². The molecule has 1 aliphatic heterocycles. The topological polar surface area (TPSA) is 44.8 Å². The summed E-state index contributed by atoms with van der Waals surface area (Å²) >= 11 is 0. The molecule has 2 aromatic heterocycles. The molecule has 1 aliphatic rings. The van der Waals surface area contributed by atoms with Crippen LogP contribution in [0.15, 0.2) is 36.7 Å². The Bertz CT molecular complexity index is 452. The number of nitrogens with zero attached hydrogens (tertiary/aromatic N) is 3. The van der Waals surface area contributed by atoms with E-state index in [1.807, 2.05) is 24.5 Å². The highest BCUT2D eigenvalue weighted by Crippen LogP contribution is 2.31. The Hall–Kier alpha value is -1.68. The fourth-order valence-corrected chi connectivity index (χ4v) is 2.52. The Labute approximate surface area is 101 Å². The van der Waals surface area contributed by atoms with Crippen molar-refractivity contribution in [1.29, 1.82) is 0 Å². The van der Waals surface area contributed by atoms with Crippen LogP contribution in [0, 0.1) is 0 Å². The highest BCUT2D eigenvalue weighted by molar-refractivity contribution is 5.09. The van der Waals surface area contributed by atoms with Crippen molar-refractivity contribution in [2.45, 2.75) is 25.4 Å². The van der Waals surface area contributed by atoms with E-state index in [-0.39, 0.29) is 0 Å². The number of aromatic nitrogens is 3. The van der Waals surface area contributed by atoms with Gasteiger partial charge in [0.1, 0.15) is 0 Å². The van der Waals surface area contributed by atoms with Gasteiger partial charge in [0, 0.05) is 18.9 Å². The van der Waals surface area contributed by atoms with Gasteiger partial charge in [-0.15, -0.1) is 0 Å². The standard InChI is InChI=1S/C13H16N4/c1-2-7-14-11(4-1)10-17-9-3-5-13(17)12-6-8-15-16-12/h1-2,4,6-8,13H,3,5,9-10H2,(H,15,16)/t13-/m1/s1. The minimum absolute atomic E-state index is 0.472. The quantitative estimate of drug-likeness (QED) is 0.875. The number of pyridine rings is 1. The van der Waals surface area contributed by atoms with Gasteiger partial charge in [0.25, 0.3) is 0 Å². The second-order valence-electron chi connectivity index (χ2n) is 4.46. The van der Waals surface area contributed by atoms with E-state index >= 15 is 0 Å². The predicted molar refractivity (Wildman–Crippen MR) is 65.2 cm³/mol. The van der Waals surface area contributed by atoms with E-state index in [0.717, 1.165) is 18.8 Å². The van der Waals surface area contributed by atoms with Gasteiger partial charge < -0.3 is 0 Å². The minimum Gasteiger partial charge on any atom is -0.289 e. The maximum atomic E-state index is 4.39. The summed E-state index contributed by atoms with van der Waals surface area (Å²) < 4.78 is 0. The fourth-order valence-electron chi connectivity index (χ4n) is 2.52. The van der Waals surface area contributed by atoms with Crippen molar-refractivity contribution in [3.05, 3.63) is 48.0 Å². The molecule has 0 aliphatic carbocycles. The molecule has 0 bridgehead atoms. The SMILES string of the molecule is c1ccc(CN2CCC[C@@H]2c2ccn[nH]2)nc1. The molecule has 0 radical (unpaired) electrons. The highest BCUT2D eigenvalue weighted by Gasteiger charge is 2.26. The zero-order chi connectivity index (χ0) is 11.5. The molecule has 0 aromatic carbocycles. The van der Waals surface area contributed by atoms with E-state index < -0.39 is 0 Å². The summed E-state index contributed by atoms with van der Waals surface area (Å²) in [6, 6.07) is 8.63. The number of hydrogen-bond donors (Lipinski definition) is 1. The molecule has 1 N–H and O–H groups in total. The van der Waals surface area contributed by atoms with E-state index in [2.05, 4.69) is 32.2 Å². The summed E-state index contributed by atoms with van der Waals surface area (Å²) in [5, 5.41) is 7.12. The van der Waals surface area contributed by atoms with Crippen molar-refractivity contribution < 1.29 is 0 Å². The summed E-state index contributed by atoms with van der Waals surface area (Å²) in [5.74, 6) is 0. The molecule has 1 atom stereocenters. The molecule has 88 valence electrons. The summed E-state index contributed by atoms with van der Waals surface area (Å²) in [6.07, 6.45) is 6.13. The van der Waals surface area contributed by atoms with Crippen LogP contribution in [-0.2, 0) is 6.54 Å². The lowest BCUT2D eigenvalue weighted by Gasteiger charge is -2.22. The van der Waals surface area contributed by atoms with Crippen molar-refractivity contribution in [2.75, 3.05) is 6.54 Å². The van der Waals surface area contributed by atoms with Gasteiger partial charge >= 0.3 is 0 Å². The Kier molecular flexibility index (Phi) is 2.88. The lowest BCUT2D eigenvalue weighted by Crippen LogP contribution is -2.23. The molecule has 3 heterocycles. The molecule has 4 heteroatoms. The van der Waals surface area contributed by atoms with E-state index in [9.17, 15) is 0 Å². The molecule has 1 fully saturated rings. The number of likely N-dealkylation sites (tertiary alicyclic amines) is 1. The average Bonchev–Trinajstić information content (AvgIpc) is 3.00. The van der Waals surface area contributed by atoms with E-state index in [0.29, 0.717) is 6.04 Å². The lowest BCUT2D eigenvalue weighted by atomic mass is 10.1. The maximum absolute atomic E-state index is 4.39. The molecule has 4 nitrogen and oxygen atoms in total. The van der Waals surface area contributed by atoms with Gasteiger partial charge in [-0.1, -0.05) is 6.07 Å². The van der Waals surface area contributed by atoms with Crippen molar-refractivity contribution in [3.63, 3.8) is 0 Å². The average molecular weight is 228 g/mol. The van der Waals surface area contributed by atoms with Crippen LogP contribution in [0.5, 0.6) is 0 Å². The fraction of sp³-hybridized carbons (Fsp3) is 0.385. The van der Waals surface area contributed by atoms with Crippen LogP contribution in [0.25, 0.3) is 0 Å². The van der Waals surface area contributed by atoms with Crippen LogP contribution in [0.4, 0.5) is 0 Å². The molecule has 3 rings (SSSR count). The zero-order valence-electron chi connectivity index (χ0n) is 9.71. The Balaban J connectivity index is 1.75. The Morgan fingerprint density at radius 3 is 3.06 bits per heavy atom. The van der Waals surface area contributed by atoms with Gasteiger partial charge in [-0.2, -0.15) is 5.10 Å².